The highest BCUT2D eigenvalue weighted by atomic mass is 19.4. The zero-order chi connectivity index (χ0) is 24.7. The smallest absolute Gasteiger partial charge is 0.393 e. The van der Waals surface area contributed by atoms with Gasteiger partial charge in [-0.25, -0.2) is 0 Å². The molecule has 4 fully saturated rings. The van der Waals surface area contributed by atoms with Crippen LogP contribution in [-0.4, -0.2) is 65.8 Å². The fraction of sp³-hybridized carbons (Fsp3) is 0.852. The van der Waals surface area contributed by atoms with Crippen molar-refractivity contribution in [1.82, 2.24) is 4.90 Å². The predicted molar refractivity (Wildman–Crippen MR) is 126 cm³/mol. The van der Waals surface area contributed by atoms with E-state index in [9.17, 15) is 23.4 Å². The normalized spacial score (nSPS) is 38.5. The van der Waals surface area contributed by atoms with Crippen molar-refractivity contribution in [1.29, 1.82) is 0 Å². The number of alkyl halides is 3. The van der Waals surface area contributed by atoms with Crippen molar-refractivity contribution in [3.63, 3.8) is 0 Å². The van der Waals surface area contributed by atoms with Crippen molar-refractivity contribution in [2.45, 2.75) is 95.6 Å². The maximum absolute atomic E-state index is 13.3. The van der Waals surface area contributed by atoms with Gasteiger partial charge in [-0.1, -0.05) is 37.1 Å². The topological polar surface area (TPSA) is 52.9 Å². The third-order valence-electron chi connectivity index (χ3n) is 9.56. The first-order valence-corrected chi connectivity index (χ1v) is 13.1. The maximum atomic E-state index is 13.3. The van der Waals surface area contributed by atoms with Gasteiger partial charge in [-0.3, -0.25) is 4.90 Å². The summed E-state index contributed by atoms with van der Waals surface area (Å²) < 4.78 is 44.7. The van der Waals surface area contributed by atoms with Crippen molar-refractivity contribution in [2.24, 2.45) is 23.2 Å². The third-order valence-corrected chi connectivity index (χ3v) is 9.56. The van der Waals surface area contributed by atoms with Crippen LogP contribution < -0.4 is 0 Å². The van der Waals surface area contributed by atoms with Gasteiger partial charge in [0.1, 0.15) is 0 Å². The molecule has 7 heteroatoms. The van der Waals surface area contributed by atoms with Crippen molar-refractivity contribution in [3.05, 3.63) is 23.3 Å². The van der Waals surface area contributed by atoms with E-state index in [1.54, 1.807) is 0 Å². The zero-order valence-electron chi connectivity index (χ0n) is 20.9. The number of nitrogens with zero attached hydrogens (tertiary/aromatic N) is 1. The summed E-state index contributed by atoms with van der Waals surface area (Å²) in [4.78, 5) is 1.88. The van der Waals surface area contributed by atoms with E-state index >= 15 is 0 Å². The minimum absolute atomic E-state index is 0.0603. The van der Waals surface area contributed by atoms with Gasteiger partial charge < -0.3 is 14.9 Å². The Bertz CT molecular complexity index is 776. The van der Waals surface area contributed by atoms with Crippen LogP contribution in [-0.2, 0) is 4.74 Å². The highest BCUT2D eigenvalue weighted by molar-refractivity contribution is 5.26. The number of hydrogen-bond donors (Lipinski definition) is 2. The van der Waals surface area contributed by atoms with Crippen LogP contribution in [0.4, 0.5) is 13.2 Å². The van der Waals surface area contributed by atoms with E-state index in [2.05, 4.69) is 26.0 Å². The average Bonchev–Trinajstić information content (AvgIpc) is 3.07. The molecule has 2 N–H and O–H groups in total. The third kappa shape index (κ3) is 5.00. The molecule has 0 aromatic heterocycles. The lowest BCUT2D eigenvalue weighted by Crippen LogP contribution is -2.70. The lowest BCUT2D eigenvalue weighted by Gasteiger charge is -2.50. The minimum atomic E-state index is -4.32. The summed E-state index contributed by atoms with van der Waals surface area (Å²) in [5.41, 5.74) is 0.894. The predicted octanol–water partition coefficient (Wildman–Crippen LogP) is 5.25. The maximum Gasteiger partial charge on any atom is 0.419 e. The summed E-state index contributed by atoms with van der Waals surface area (Å²) in [6, 6.07) is 0. The highest BCUT2D eigenvalue weighted by Crippen LogP contribution is 2.59. The van der Waals surface area contributed by atoms with Crippen molar-refractivity contribution in [3.8, 4) is 0 Å². The van der Waals surface area contributed by atoms with Crippen molar-refractivity contribution in [2.75, 3.05) is 26.7 Å². The minimum Gasteiger partial charge on any atom is -0.393 e. The molecule has 4 rings (SSSR count). The summed E-state index contributed by atoms with van der Waals surface area (Å²) in [7, 11) is 1.16. The van der Waals surface area contributed by atoms with E-state index in [0.29, 0.717) is 43.6 Å². The Kier molecular flexibility index (Phi) is 7.60. The summed E-state index contributed by atoms with van der Waals surface area (Å²) >= 11 is 0. The number of likely N-dealkylation sites (tertiary alicyclic amines) is 1. The van der Waals surface area contributed by atoms with Crippen LogP contribution >= 0.6 is 0 Å². The summed E-state index contributed by atoms with van der Waals surface area (Å²) in [6.07, 6.45) is 7.75. The van der Waals surface area contributed by atoms with Crippen LogP contribution in [0.5, 0.6) is 0 Å². The second-order valence-electron chi connectivity index (χ2n) is 11.8. The van der Waals surface area contributed by atoms with E-state index in [-0.39, 0.29) is 18.5 Å². The molecule has 0 amide bonds. The van der Waals surface area contributed by atoms with Gasteiger partial charge in [-0.2, -0.15) is 13.2 Å². The first kappa shape index (κ1) is 26.2. The van der Waals surface area contributed by atoms with Crippen LogP contribution in [0.2, 0.25) is 0 Å². The largest absolute Gasteiger partial charge is 0.419 e. The fourth-order valence-electron chi connectivity index (χ4n) is 7.59. The quantitative estimate of drug-likeness (QED) is 0.540. The molecule has 4 aliphatic rings. The Morgan fingerprint density at radius 3 is 2.44 bits per heavy atom. The van der Waals surface area contributed by atoms with Gasteiger partial charge in [0.25, 0.3) is 0 Å². The number of rotatable bonds is 6. The molecule has 3 saturated carbocycles. The monoisotopic (exact) mass is 485 g/mol. The van der Waals surface area contributed by atoms with E-state index in [0.717, 1.165) is 25.5 Å². The number of ether oxygens (including phenoxy) is 1. The molecule has 6 atom stereocenters. The molecular weight excluding hydrogens is 443 g/mol. The second kappa shape index (κ2) is 9.87. The molecule has 34 heavy (non-hydrogen) atoms. The number of hydrogen-bond acceptors (Lipinski definition) is 4. The number of methoxy groups -OCH3 is 1. The SMILES string of the molecule is COC1(C(F)(F)F)CN(CC[C@@H](C)[C@H]2CC[C@H]3/C(=C/C=C4C[C@@H](O)C[C@H](O)C4)CCC[C@]23C)C1. The molecule has 0 aromatic rings. The Labute approximate surface area is 202 Å². The Hall–Kier alpha value is -0.890. The standard InChI is InChI=1S/C27H42F3NO3/c1-18(10-12-31-16-26(17-31,34-3)27(28,29)30)23-8-9-24-20(5-4-11-25(23,24)2)7-6-19-13-21(32)15-22(33)14-19/h6-7,18,21-24,32-33H,4-5,8-17H2,1-3H3/b20-7+/t18-,21-,22-,23-,24+,25-/m1/s1. The van der Waals surface area contributed by atoms with Gasteiger partial charge in [0.2, 0.25) is 0 Å². The summed E-state index contributed by atoms with van der Waals surface area (Å²) in [6.45, 7) is 5.29. The first-order chi connectivity index (χ1) is 16.0. The number of aliphatic hydroxyl groups is 2. The Morgan fingerprint density at radius 1 is 1.15 bits per heavy atom. The molecule has 0 radical (unpaired) electrons. The fourth-order valence-corrected chi connectivity index (χ4v) is 7.59. The average molecular weight is 486 g/mol. The number of allylic oxidation sites excluding steroid dienone is 3. The molecule has 194 valence electrons. The lowest BCUT2D eigenvalue weighted by molar-refractivity contribution is -0.310. The van der Waals surface area contributed by atoms with Crippen molar-refractivity contribution < 1.29 is 28.1 Å². The van der Waals surface area contributed by atoms with Gasteiger partial charge in [0, 0.05) is 20.2 Å². The van der Waals surface area contributed by atoms with Crippen molar-refractivity contribution >= 4 is 0 Å². The Morgan fingerprint density at radius 2 is 1.82 bits per heavy atom. The molecule has 1 heterocycles. The van der Waals surface area contributed by atoms with Gasteiger partial charge in [-0.15, -0.1) is 0 Å². The molecule has 1 aliphatic heterocycles. The van der Waals surface area contributed by atoms with Gasteiger partial charge >= 0.3 is 6.18 Å². The van der Waals surface area contributed by atoms with Crippen LogP contribution in [0.3, 0.4) is 0 Å². The summed E-state index contributed by atoms with van der Waals surface area (Å²) in [5.74, 6) is 1.61. The van der Waals surface area contributed by atoms with Crippen LogP contribution in [0, 0.1) is 23.2 Å². The van der Waals surface area contributed by atoms with Crippen LogP contribution in [0.1, 0.15) is 71.6 Å². The molecule has 0 aromatic carbocycles. The molecule has 0 bridgehead atoms. The Balaban J connectivity index is 1.35. The number of aliphatic hydroxyl groups excluding tert-OH is 2. The van der Waals surface area contributed by atoms with Crippen LogP contribution in [0.15, 0.2) is 23.3 Å². The lowest BCUT2D eigenvalue weighted by atomic mass is 9.61. The molecule has 3 aliphatic carbocycles. The first-order valence-electron chi connectivity index (χ1n) is 13.1. The van der Waals surface area contributed by atoms with Gasteiger partial charge in [0.05, 0.1) is 12.2 Å². The molecular formula is C27H42F3NO3. The summed E-state index contributed by atoms with van der Waals surface area (Å²) in [5, 5.41) is 20.0. The highest BCUT2D eigenvalue weighted by Gasteiger charge is 2.62. The number of halogens is 3. The van der Waals surface area contributed by atoms with E-state index in [4.69, 9.17) is 4.74 Å². The van der Waals surface area contributed by atoms with Gasteiger partial charge in [-0.05, 0) is 87.5 Å². The van der Waals surface area contributed by atoms with E-state index in [1.807, 2.05) is 4.90 Å². The number of fused-ring (bicyclic) bond motifs is 1. The second-order valence-corrected chi connectivity index (χ2v) is 11.8. The molecule has 0 spiro atoms. The molecule has 0 unspecified atom stereocenters. The van der Waals surface area contributed by atoms with Crippen LogP contribution in [0.25, 0.3) is 0 Å². The zero-order valence-corrected chi connectivity index (χ0v) is 20.9. The van der Waals surface area contributed by atoms with E-state index in [1.165, 1.54) is 31.3 Å². The van der Waals surface area contributed by atoms with E-state index < -0.39 is 24.0 Å². The van der Waals surface area contributed by atoms with Gasteiger partial charge in [0.15, 0.2) is 5.60 Å². The molecule has 4 nitrogen and oxygen atoms in total. The molecule has 1 saturated heterocycles.